The summed E-state index contributed by atoms with van der Waals surface area (Å²) in [4.78, 5) is 21.1. The maximum Gasteiger partial charge on any atom is 0.431 e. The van der Waals surface area contributed by atoms with Gasteiger partial charge in [-0.15, -0.1) is 11.8 Å². The van der Waals surface area contributed by atoms with Gasteiger partial charge in [0.25, 0.3) is 0 Å². The fraction of sp³-hybridized carbons (Fsp3) is 0.371. The molecule has 0 N–H and O–H groups in total. The number of hydrogen-bond acceptors (Lipinski definition) is 16. The Labute approximate surface area is 769 Å². The molecule has 0 saturated carbocycles. The lowest BCUT2D eigenvalue weighted by Crippen LogP contribution is -2.15. The number of unbranched alkanes of at least 4 members (excludes halogenated alkanes) is 6. The number of aryl methyl sites for hydroxylation is 1. The zero-order chi connectivity index (χ0) is 101. The molecule has 14 rings (SSSR count). The lowest BCUT2D eigenvalue weighted by atomic mass is 9.86. The maximum atomic E-state index is 13.4. The highest BCUT2D eigenvalue weighted by Crippen LogP contribution is 2.45. The average molecular weight is 1960 g/mol. The quantitative estimate of drug-likeness (QED) is 0.0276. The molecule has 0 atom stereocenters. The third-order valence-electron chi connectivity index (χ3n) is 20.0. The Bertz CT molecular complexity index is 5890. The van der Waals surface area contributed by atoms with Crippen LogP contribution in [0.15, 0.2) is 144 Å². The highest BCUT2D eigenvalue weighted by atomic mass is 32.2. The summed E-state index contributed by atoms with van der Waals surface area (Å²) in [6.07, 6.45) is -28.9. The minimum absolute atomic E-state index is 0.0373. The van der Waals surface area contributed by atoms with Gasteiger partial charge in [-0.05, 0) is 162 Å². The zero-order valence-corrected chi connectivity index (χ0v) is 74.8. The Hall–Kier alpha value is -13.2. The Morgan fingerprint density at radius 2 is 0.569 bits per heavy atom. The molecule has 0 unspecified atom stereocenters. The van der Waals surface area contributed by atoms with Crippen molar-refractivity contribution >= 4 is 34.5 Å². The third kappa shape index (κ3) is 27.4. The van der Waals surface area contributed by atoms with Crippen molar-refractivity contribution in [1.82, 2.24) is 102 Å². The van der Waals surface area contributed by atoms with E-state index in [1.54, 1.807) is 25.1 Å². The van der Waals surface area contributed by atoms with Crippen molar-refractivity contribution in [3.8, 4) is 96.9 Å². The molecule has 0 spiro atoms. The summed E-state index contributed by atoms with van der Waals surface area (Å²) in [5.74, 6) is 0.941. The van der Waals surface area contributed by atoms with Crippen molar-refractivity contribution in [2.24, 2.45) is 0 Å². The van der Waals surface area contributed by atoms with Gasteiger partial charge in [-0.1, -0.05) is 171 Å². The number of aromatic nitrogens is 20. The van der Waals surface area contributed by atoms with Crippen LogP contribution >= 0.6 is 11.8 Å². The standard InChI is InChI=1S/C33H30F6N6.C20H20F6N6.C18H15F6N5O.C18H15F6N5S/c1-30(2,3)19-7-11-21(12-8-19)45(22-13-9-20(10-14-22)31(4,5)6)23-15-24(26-17-28(43-41-26)32(34,35)36)40-25(16-23)27-18-29(44-42-27)33(37,38)39;1-4-5-6-7-11-8-12(13-9-15(30-28-13)19(21,22)23)27-17(18(11)32(2)3)14-10-16(31-29-14)20(24,25)26;2*1-2-3-4-5-30-10-6-11(13-8-15(28-26-13)17(19,20)21)25-12(7-10)14-9-16(29-27-14)18(22,23)24/h7-18H,1-6H3;8-10H,4-7H2,1-3H3;2*6-9H,2-5H2,1H3/q4*-2. The van der Waals surface area contributed by atoms with Gasteiger partial charge in [-0.2, -0.15) is 105 Å². The number of thioether (sulfide) groups is 1. The van der Waals surface area contributed by atoms with E-state index in [0.717, 1.165) is 111 Å². The van der Waals surface area contributed by atoms with Crippen LogP contribution in [0, 0.1) is 0 Å². The van der Waals surface area contributed by atoms with Gasteiger partial charge in [0.2, 0.25) is 0 Å². The van der Waals surface area contributed by atoms with Crippen molar-refractivity contribution in [2.45, 2.75) is 192 Å². The van der Waals surface area contributed by atoms with E-state index in [2.05, 4.69) is 143 Å². The molecule has 0 amide bonds. The van der Waals surface area contributed by atoms with Crippen LogP contribution in [0.2, 0.25) is 0 Å². The molecule has 734 valence electrons. The van der Waals surface area contributed by atoms with Gasteiger partial charge in [-0.25, -0.2) is 4.98 Å². The number of rotatable bonds is 26. The molecule has 14 aromatic rings. The second-order valence-electron chi connectivity index (χ2n) is 32.9. The topological polar surface area (TPSA) is 283 Å². The average Bonchev–Trinajstić information content (AvgIpc) is 1.70. The minimum Gasteiger partial charge on any atom is -0.573 e. The molecule has 0 aliphatic carbocycles. The molecule has 0 bridgehead atoms. The summed E-state index contributed by atoms with van der Waals surface area (Å²) in [5.41, 5.74) is -5.84. The van der Waals surface area contributed by atoms with E-state index in [1.165, 1.54) is 48.2 Å². The Morgan fingerprint density at radius 1 is 0.299 bits per heavy atom. The highest BCUT2D eigenvalue weighted by molar-refractivity contribution is 7.99. The summed E-state index contributed by atoms with van der Waals surface area (Å²) in [5, 5.41) is 53.9. The third-order valence-corrected chi connectivity index (χ3v) is 21.0. The highest BCUT2D eigenvalue weighted by Gasteiger charge is 2.39. The molecule has 137 heavy (non-hydrogen) atoms. The van der Waals surface area contributed by atoms with E-state index in [-0.39, 0.29) is 108 Å². The first-order valence-electron chi connectivity index (χ1n) is 41.6. The number of ether oxygens (including phenoxy) is 1. The van der Waals surface area contributed by atoms with Gasteiger partial charge in [0.15, 0.2) is 0 Å². The first-order valence-corrected chi connectivity index (χ1v) is 42.5. The molecule has 48 heteroatoms. The maximum absolute atomic E-state index is 13.4. The molecular formula is C89H80F24N22OS-8. The molecule has 12 aromatic heterocycles. The SMILES string of the molecule is CC(C)(C)c1ccc(N(c2ccc(C(C)(C)C)cc2)c2cc(-c3cc(C(F)(F)F)n[n-]3)nc(-c3cc(C(F)(F)F)n[n-]3)c2)cc1.CCCCCOc1cc(-c2cc(C(F)(F)F)n[n-]2)nc(-c2cc(C(F)(F)F)n[n-]2)c1.CCCCCSc1cc(-c2cc(C(F)(F)F)n[n-]2)nc(-c2cc(C(F)(F)F)n[n-]2)c1.CCCCCc1cc(-c2cc(C(F)(F)F)n[n-]2)nc(-c2cc(C(F)(F)F)n[n-]2)c1N(C)C. The number of pyridine rings is 4. The van der Waals surface area contributed by atoms with Crippen LogP contribution in [0.5, 0.6) is 5.75 Å². The Balaban J connectivity index is 0.000000178. The van der Waals surface area contributed by atoms with E-state index in [9.17, 15) is 105 Å². The number of nitrogens with zero attached hydrogens (tertiary/aromatic N) is 22. The van der Waals surface area contributed by atoms with Crippen molar-refractivity contribution in [3.63, 3.8) is 0 Å². The molecular weight excluding hydrogens is 1880 g/mol. The first-order chi connectivity index (χ1) is 63.9. The molecule has 12 heterocycles. The summed E-state index contributed by atoms with van der Waals surface area (Å²) >= 11 is 1.42. The van der Waals surface area contributed by atoms with Crippen LogP contribution in [-0.4, -0.2) is 87.2 Å². The fourth-order valence-corrected chi connectivity index (χ4v) is 14.0. The summed E-state index contributed by atoms with van der Waals surface area (Å²) < 4.78 is 318. The monoisotopic (exact) mass is 1960 g/mol. The molecule has 0 radical (unpaired) electrons. The number of anilines is 4. The van der Waals surface area contributed by atoms with Crippen LogP contribution < -0.4 is 55.3 Å². The zero-order valence-electron chi connectivity index (χ0n) is 74.0. The van der Waals surface area contributed by atoms with Crippen LogP contribution in [0.4, 0.5) is 128 Å². The Kier molecular flexibility index (Phi) is 31.8. The molecule has 0 fully saturated rings. The fourth-order valence-electron chi connectivity index (χ4n) is 13.0. The normalized spacial score (nSPS) is 12.6. The van der Waals surface area contributed by atoms with Crippen LogP contribution in [0.25, 0.3) is 91.1 Å². The van der Waals surface area contributed by atoms with Crippen LogP contribution in [0.1, 0.15) is 182 Å². The predicted molar refractivity (Wildman–Crippen MR) is 454 cm³/mol. The van der Waals surface area contributed by atoms with Crippen molar-refractivity contribution in [1.29, 1.82) is 0 Å². The van der Waals surface area contributed by atoms with E-state index in [4.69, 9.17) is 4.74 Å². The van der Waals surface area contributed by atoms with Gasteiger partial charge < -0.3 is 96.1 Å². The van der Waals surface area contributed by atoms with Gasteiger partial charge in [0.1, 0.15) is 51.3 Å². The second-order valence-corrected chi connectivity index (χ2v) is 34.1. The second kappa shape index (κ2) is 41.8. The van der Waals surface area contributed by atoms with E-state index in [1.807, 2.05) is 74.2 Å². The molecule has 0 aliphatic heterocycles. The molecule has 0 aliphatic rings. The minimum atomic E-state index is -4.75. The number of alkyl halides is 24. The summed E-state index contributed by atoms with van der Waals surface area (Å²) in [6, 6.07) is 31.8. The molecule has 2 aromatic carbocycles. The van der Waals surface area contributed by atoms with Gasteiger partial charge in [-0.3, -0.25) is 15.0 Å². The van der Waals surface area contributed by atoms with Gasteiger partial charge >= 0.3 is 49.4 Å². The van der Waals surface area contributed by atoms with Crippen molar-refractivity contribution in [2.75, 3.05) is 36.3 Å². The smallest absolute Gasteiger partial charge is 0.431 e. The van der Waals surface area contributed by atoms with Crippen LogP contribution in [-0.2, 0) is 66.7 Å². The Morgan fingerprint density at radius 3 is 0.854 bits per heavy atom. The summed E-state index contributed by atoms with van der Waals surface area (Å²) in [6.45, 7) is 18.9. The number of benzene rings is 2. The van der Waals surface area contributed by atoms with Crippen molar-refractivity contribution in [3.05, 3.63) is 202 Å². The first kappa shape index (κ1) is 104. The van der Waals surface area contributed by atoms with E-state index < -0.39 is 95.0 Å². The molecule has 23 nitrogen and oxygen atoms in total. The van der Waals surface area contributed by atoms with Gasteiger partial charge in [0.05, 0.1) is 63.5 Å². The lowest BCUT2D eigenvalue weighted by Gasteiger charge is -2.29. The predicted octanol–water partition coefficient (Wildman–Crippen LogP) is 24.3. The largest absolute Gasteiger partial charge is 0.573 e. The van der Waals surface area contributed by atoms with Crippen LogP contribution in [0.3, 0.4) is 0 Å². The summed E-state index contributed by atoms with van der Waals surface area (Å²) in [7, 11) is 3.41. The lowest BCUT2D eigenvalue weighted by molar-refractivity contribution is -0.142. The van der Waals surface area contributed by atoms with Gasteiger partial charge in [0, 0.05) is 42.5 Å². The molecule has 0 saturated heterocycles. The van der Waals surface area contributed by atoms with E-state index in [0.29, 0.717) is 58.4 Å². The number of halogens is 24. The number of hydrogen-bond donors (Lipinski definition) is 0. The van der Waals surface area contributed by atoms with E-state index >= 15 is 0 Å². The van der Waals surface area contributed by atoms with Crippen molar-refractivity contribution < 1.29 is 110 Å².